The van der Waals surface area contributed by atoms with Gasteiger partial charge in [-0.15, -0.1) is 11.3 Å². The van der Waals surface area contributed by atoms with E-state index in [0.717, 1.165) is 0 Å². The Morgan fingerprint density at radius 1 is 1.23 bits per heavy atom. The summed E-state index contributed by atoms with van der Waals surface area (Å²) in [4.78, 5) is 28.1. The highest BCUT2D eigenvalue weighted by molar-refractivity contribution is 7.80. The highest BCUT2D eigenvalue weighted by Crippen LogP contribution is 2.18. The molecule has 0 radical (unpaired) electrons. The summed E-state index contributed by atoms with van der Waals surface area (Å²) in [6.45, 7) is 4.37. The maximum atomic E-state index is 12.4. The van der Waals surface area contributed by atoms with Crippen LogP contribution < -0.4 is 15.4 Å². The average molecular weight is 393 g/mol. The van der Waals surface area contributed by atoms with Crippen LogP contribution in [0.25, 0.3) is 0 Å². The minimum Gasteiger partial charge on any atom is -0.493 e. The first-order chi connectivity index (χ1) is 12.5. The number of amides is 1. The number of para-hydroxylation sites is 1. The Bertz CT molecular complexity index is 792. The van der Waals surface area contributed by atoms with Crippen molar-refractivity contribution < 1.29 is 19.1 Å². The number of rotatable bonds is 7. The zero-order chi connectivity index (χ0) is 18.9. The van der Waals surface area contributed by atoms with Crippen LogP contribution in [0.1, 0.15) is 29.9 Å². The highest BCUT2D eigenvalue weighted by atomic mass is 32.1. The molecule has 0 atom stereocenters. The van der Waals surface area contributed by atoms with E-state index in [9.17, 15) is 9.59 Å². The molecule has 0 saturated heterocycles. The van der Waals surface area contributed by atoms with Crippen molar-refractivity contribution in [1.82, 2.24) is 10.3 Å². The van der Waals surface area contributed by atoms with E-state index in [4.69, 9.17) is 21.7 Å². The Kier molecular flexibility index (Phi) is 7.49. The van der Waals surface area contributed by atoms with Gasteiger partial charge in [0.1, 0.15) is 5.75 Å². The zero-order valence-electron chi connectivity index (χ0n) is 14.4. The van der Waals surface area contributed by atoms with Crippen LogP contribution >= 0.6 is 23.6 Å². The van der Waals surface area contributed by atoms with Gasteiger partial charge >= 0.3 is 5.97 Å². The topological polar surface area (TPSA) is 89.6 Å². The first kappa shape index (κ1) is 19.8. The van der Waals surface area contributed by atoms with Crippen LogP contribution in [0, 0.1) is 0 Å². The molecule has 7 nitrogen and oxygen atoms in total. The first-order valence-corrected chi connectivity index (χ1v) is 9.26. The Balaban J connectivity index is 1.94. The van der Waals surface area contributed by atoms with E-state index in [1.165, 1.54) is 11.3 Å². The van der Waals surface area contributed by atoms with Gasteiger partial charge in [-0.3, -0.25) is 14.9 Å². The number of ether oxygens (including phenoxy) is 2. The minimum absolute atomic E-state index is 0.0902. The van der Waals surface area contributed by atoms with Crippen molar-refractivity contribution in [1.29, 1.82) is 0 Å². The Labute approximate surface area is 160 Å². The Morgan fingerprint density at radius 2 is 2.00 bits per heavy atom. The van der Waals surface area contributed by atoms with Gasteiger partial charge in [-0.25, -0.2) is 4.98 Å². The predicted molar refractivity (Wildman–Crippen MR) is 104 cm³/mol. The molecule has 0 bridgehead atoms. The molecule has 2 aromatic rings. The van der Waals surface area contributed by atoms with Gasteiger partial charge in [-0.2, -0.15) is 0 Å². The molecule has 0 spiro atoms. The van der Waals surface area contributed by atoms with Crippen LogP contribution in [-0.4, -0.2) is 35.2 Å². The Morgan fingerprint density at radius 3 is 2.73 bits per heavy atom. The fraction of sp³-hybridized carbons (Fsp3) is 0.294. The maximum Gasteiger partial charge on any atom is 0.311 e. The third-order valence-corrected chi connectivity index (χ3v) is 4.07. The van der Waals surface area contributed by atoms with Crippen molar-refractivity contribution in [2.75, 3.05) is 18.5 Å². The number of anilines is 1. The summed E-state index contributed by atoms with van der Waals surface area (Å²) >= 11 is 6.43. The van der Waals surface area contributed by atoms with Gasteiger partial charge in [0.2, 0.25) is 0 Å². The van der Waals surface area contributed by atoms with Crippen molar-refractivity contribution in [2.24, 2.45) is 0 Å². The lowest BCUT2D eigenvalue weighted by molar-refractivity contribution is -0.142. The molecule has 0 unspecified atom stereocenters. The molecular weight excluding hydrogens is 374 g/mol. The molecule has 0 aliphatic rings. The number of thiocarbonyl (C=S) groups is 1. The van der Waals surface area contributed by atoms with E-state index < -0.39 is 0 Å². The summed E-state index contributed by atoms with van der Waals surface area (Å²) < 4.78 is 10.3. The summed E-state index contributed by atoms with van der Waals surface area (Å²) in [5, 5.41) is 7.74. The Hall–Kier alpha value is -2.52. The molecule has 0 fully saturated rings. The van der Waals surface area contributed by atoms with E-state index in [0.29, 0.717) is 35.4 Å². The summed E-state index contributed by atoms with van der Waals surface area (Å²) in [6.07, 6.45) is 0.0902. The molecule has 1 aromatic carbocycles. The molecule has 2 rings (SSSR count). The maximum absolute atomic E-state index is 12.4. The van der Waals surface area contributed by atoms with Gasteiger partial charge in [-0.1, -0.05) is 12.1 Å². The van der Waals surface area contributed by atoms with Gasteiger partial charge < -0.3 is 14.8 Å². The standard InChI is InChI=1S/C17H19N3O4S2/c1-3-23-13-8-6-5-7-12(13)15(22)19-16(25)20-17-18-11(10-26-17)9-14(21)24-4-2/h5-8,10H,3-4,9H2,1-2H3,(H2,18,19,20,22,25). The van der Waals surface area contributed by atoms with Gasteiger partial charge in [0, 0.05) is 5.38 Å². The number of hydrogen-bond acceptors (Lipinski definition) is 7. The summed E-state index contributed by atoms with van der Waals surface area (Å²) in [5.41, 5.74) is 0.965. The summed E-state index contributed by atoms with van der Waals surface area (Å²) in [6, 6.07) is 6.91. The number of carbonyl (C=O) groups is 2. The molecule has 0 aliphatic heterocycles. The average Bonchev–Trinajstić information content (AvgIpc) is 3.02. The largest absolute Gasteiger partial charge is 0.493 e. The second-order valence-corrected chi connectivity index (χ2v) is 6.23. The van der Waals surface area contributed by atoms with Crippen LogP contribution in [0.2, 0.25) is 0 Å². The third kappa shape index (κ3) is 5.78. The van der Waals surface area contributed by atoms with E-state index in [-0.39, 0.29) is 23.4 Å². The first-order valence-electron chi connectivity index (χ1n) is 7.97. The second kappa shape index (κ2) is 9.83. The monoisotopic (exact) mass is 393 g/mol. The molecule has 0 saturated carbocycles. The van der Waals surface area contributed by atoms with Crippen molar-refractivity contribution in [3.05, 3.63) is 40.9 Å². The molecular formula is C17H19N3O4S2. The third-order valence-electron chi connectivity index (χ3n) is 3.06. The van der Waals surface area contributed by atoms with Crippen molar-refractivity contribution >= 4 is 45.7 Å². The van der Waals surface area contributed by atoms with Crippen molar-refractivity contribution in [2.45, 2.75) is 20.3 Å². The lowest BCUT2D eigenvalue weighted by Crippen LogP contribution is -2.34. The highest BCUT2D eigenvalue weighted by Gasteiger charge is 2.14. The van der Waals surface area contributed by atoms with Crippen LogP contribution in [0.15, 0.2) is 29.6 Å². The number of esters is 1. The molecule has 1 heterocycles. The number of benzene rings is 1. The number of carbonyl (C=O) groups excluding carboxylic acids is 2. The number of nitrogens with zero attached hydrogens (tertiary/aromatic N) is 1. The molecule has 0 aliphatic carbocycles. The number of aromatic nitrogens is 1. The second-order valence-electron chi connectivity index (χ2n) is 4.96. The van der Waals surface area contributed by atoms with E-state index >= 15 is 0 Å². The lowest BCUT2D eigenvalue weighted by Gasteiger charge is -2.11. The fourth-order valence-electron chi connectivity index (χ4n) is 2.04. The van der Waals surface area contributed by atoms with Gasteiger partial charge in [0.15, 0.2) is 10.2 Å². The van der Waals surface area contributed by atoms with E-state index in [1.807, 2.05) is 6.92 Å². The predicted octanol–water partition coefficient (Wildman–Crippen LogP) is 2.77. The van der Waals surface area contributed by atoms with E-state index in [1.54, 1.807) is 36.6 Å². The molecule has 1 aromatic heterocycles. The van der Waals surface area contributed by atoms with Crippen molar-refractivity contribution in [3.8, 4) is 5.75 Å². The van der Waals surface area contributed by atoms with Crippen LogP contribution in [0.3, 0.4) is 0 Å². The molecule has 138 valence electrons. The van der Waals surface area contributed by atoms with Gasteiger partial charge in [0.05, 0.1) is 30.9 Å². The van der Waals surface area contributed by atoms with Crippen LogP contribution in [0.4, 0.5) is 5.13 Å². The van der Waals surface area contributed by atoms with Crippen molar-refractivity contribution in [3.63, 3.8) is 0 Å². The molecule has 9 heteroatoms. The van der Waals surface area contributed by atoms with Gasteiger partial charge in [-0.05, 0) is 38.2 Å². The smallest absolute Gasteiger partial charge is 0.311 e. The fourth-order valence-corrected chi connectivity index (χ4v) is 3.01. The zero-order valence-corrected chi connectivity index (χ0v) is 16.0. The molecule has 26 heavy (non-hydrogen) atoms. The van der Waals surface area contributed by atoms with Crippen LogP contribution in [0.5, 0.6) is 5.75 Å². The number of hydrogen-bond donors (Lipinski definition) is 2. The summed E-state index contributed by atoms with van der Waals surface area (Å²) in [7, 11) is 0. The van der Waals surface area contributed by atoms with Crippen LogP contribution in [-0.2, 0) is 16.0 Å². The lowest BCUT2D eigenvalue weighted by atomic mass is 10.2. The number of thiazole rings is 1. The minimum atomic E-state index is -0.380. The number of nitrogens with one attached hydrogen (secondary N) is 2. The normalized spacial score (nSPS) is 10.1. The molecule has 1 amide bonds. The SMILES string of the molecule is CCOC(=O)Cc1csc(NC(=S)NC(=O)c2ccccc2OCC)n1. The van der Waals surface area contributed by atoms with Gasteiger partial charge in [0.25, 0.3) is 5.91 Å². The summed E-state index contributed by atoms with van der Waals surface area (Å²) in [5.74, 6) is -0.233. The quantitative estimate of drug-likeness (QED) is 0.552. The van der Waals surface area contributed by atoms with E-state index in [2.05, 4.69) is 15.6 Å². The molecule has 2 N–H and O–H groups in total.